The van der Waals surface area contributed by atoms with Gasteiger partial charge in [0, 0.05) is 22.4 Å². The number of hydrogen-bond donors (Lipinski definition) is 0. The predicted molar refractivity (Wildman–Crippen MR) is 86.9 cm³/mol. The van der Waals surface area contributed by atoms with Crippen LogP contribution in [0.25, 0.3) is 10.1 Å². The van der Waals surface area contributed by atoms with E-state index in [0.717, 1.165) is 27.0 Å². The Morgan fingerprint density at radius 3 is 2.67 bits per heavy atom. The van der Waals surface area contributed by atoms with E-state index in [1.54, 1.807) is 0 Å². The van der Waals surface area contributed by atoms with Crippen molar-refractivity contribution in [2.24, 2.45) is 0 Å². The molecule has 3 aromatic rings. The first-order valence-electron chi connectivity index (χ1n) is 6.73. The zero-order valence-corrected chi connectivity index (χ0v) is 12.8. The Labute approximate surface area is 131 Å². The van der Waals surface area contributed by atoms with Crippen LogP contribution in [0.1, 0.15) is 18.1 Å². The Hall–Kier alpha value is -1.58. The molecule has 1 nitrogen and oxygen atoms in total. The summed E-state index contributed by atoms with van der Waals surface area (Å²) in [4.78, 5) is 0. The summed E-state index contributed by atoms with van der Waals surface area (Å²) in [6.45, 7) is 0. The summed E-state index contributed by atoms with van der Waals surface area (Å²) in [6.07, 6.45) is 0.575. The molecule has 108 valence electrons. The molecule has 0 bridgehead atoms. The molecule has 0 aliphatic heterocycles. The summed E-state index contributed by atoms with van der Waals surface area (Å²) < 4.78 is 20.5. The molecule has 0 saturated carbocycles. The first-order chi connectivity index (χ1) is 10.3. The van der Waals surface area contributed by atoms with Crippen molar-refractivity contribution >= 4 is 33.0 Å². The normalized spacial score (nSPS) is 12.5. The first kappa shape index (κ1) is 14.4. The van der Waals surface area contributed by atoms with E-state index in [9.17, 15) is 4.39 Å². The Balaban J connectivity index is 1.94. The van der Waals surface area contributed by atoms with E-state index in [1.807, 2.05) is 48.5 Å². The highest BCUT2D eigenvalue weighted by Gasteiger charge is 2.15. The molecule has 1 heterocycles. The molecule has 0 amide bonds. The van der Waals surface area contributed by atoms with Gasteiger partial charge in [0.25, 0.3) is 0 Å². The third-order valence-corrected chi connectivity index (χ3v) is 4.41. The van der Waals surface area contributed by atoms with Crippen LogP contribution in [0.15, 0.2) is 54.6 Å². The molecule has 1 aromatic heterocycles. The Morgan fingerprint density at radius 2 is 1.90 bits per heavy atom. The van der Waals surface area contributed by atoms with Crippen LogP contribution in [0.5, 0.6) is 5.75 Å². The van der Waals surface area contributed by atoms with Crippen LogP contribution in [0, 0.1) is 5.13 Å². The maximum absolute atomic E-state index is 13.5. The molecule has 0 fully saturated rings. The standard InChI is InChI=1S/C17H14ClFOS/c18-10-9-14(12-5-2-1-3-6-12)20-15-7-4-8-16-13(15)11-17(19)21-16/h1-8,11,14H,9-10H2/t14-/m0/s1. The fourth-order valence-electron chi connectivity index (χ4n) is 2.32. The van der Waals surface area contributed by atoms with Crippen LogP contribution >= 0.6 is 22.9 Å². The molecule has 3 rings (SSSR count). The van der Waals surface area contributed by atoms with Crippen LogP contribution in [-0.4, -0.2) is 5.88 Å². The van der Waals surface area contributed by atoms with Crippen molar-refractivity contribution in [3.8, 4) is 5.75 Å². The van der Waals surface area contributed by atoms with Crippen LogP contribution in [-0.2, 0) is 0 Å². The maximum Gasteiger partial charge on any atom is 0.177 e. The van der Waals surface area contributed by atoms with E-state index in [4.69, 9.17) is 16.3 Å². The summed E-state index contributed by atoms with van der Waals surface area (Å²) in [7, 11) is 0. The summed E-state index contributed by atoms with van der Waals surface area (Å²) in [5.74, 6) is 1.21. The molecule has 0 saturated heterocycles. The van der Waals surface area contributed by atoms with E-state index in [0.29, 0.717) is 18.1 Å². The number of alkyl halides is 1. The molecule has 0 aliphatic carbocycles. The van der Waals surface area contributed by atoms with Crippen molar-refractivity contribution in [3.05, 3.63) is 65.3 Å². The summed E-state index contributed by atoms with van der Waals surface area (Å²) in [6, 6.07) is 17.1. The third kappa shape index (κ3) is 3.20. The topological polar surface area (TPSA) is 9.23 Å². The van der Waals surface area contributed by atoms with Gasteiger partial charge >= 0.3 is 0 Å². The van der Waals surface area contributed by atoms with Crippen LogP contribution < -0.4 is 4.74 Å². The average molecular weight is 321 g/mol. The van der Waals surface area contributed by atoms with Gasteiger partial charge in [0.2, 0.25) is 0 Å². The number of halogens is 2. The maximum atomic E-state index is 13.5. The Kier molecular flexibility index (Phi) is 4.42. The van der Waals surface area contributed by atoms with Gasteiger partial charge in [-0.05, 0) is 23.8 Å². The van der Waals surface area contributed by atoms with Gasteiger partial charge in [-0.15, -0.1) is 22.9 Å². The zero-order valence-electron chi connectivity index (χ0n) is 11.3. The van der Waals surface area contributed by atoms with E-state index >= 15 is 0 Å². The smallest absolute Gasteiger partial charge is 0.177 e. The van der Waals surface area contributed by atoms with Crippen molar-refractivity contribution < 1.29 is 9.13 Å². The van der Waals surface area contributed by atoms with Crippen LogP contribution in [0.4, 0.5) is 4.39 Å². The highest BCUT2D eigenvalue weighted by molar-refractivity contribution is 7.17. The van der Waals surface area contributed by atoms with Gasteiger partial charge in [-0.2, -0.15) is 4.39 Å². The number of ether oxygens (including phenoxy) is 1. The lowest BCUT2D eigenvalue weighted by molar-refractivity contribution is 0.205. The Morgan fingerprint density at radius 1 is 1.10 bits per heavy atom. The Bertz CT molecular complexity index is 726. The molecule has 0 unspecified atom stereocenters. The monoisotopic (exact) mass is 320 g/mol. The van der Waals surface area contributed by atoms with Crippen molar-refractivity contribution in [1.29, 1.82) is 0 Å². The van der Waals surface area contributed by atoms with Gasteiger partial charge < -0.3 is 4.74 Å². The lowest BCUT2D eigenvalue weighted by atomic mass is 10.1. The lowest BCUT2D eigenvalue weighted by Gasteiger charge is -2.19. The highest BCUT2D eigenvalue weighted by Crippen LogP contribution is 2.35. The number of benzene rings is 2. The molecular weight excluding hydrogens is 307 g/mol. The molecule has 0 spiro atoms. The molecule has 2 aromatic carbocycles. The highest BCUT2D eigenvalue weighted by atomic mass is 35.5. The van der Waals surface area contributed by atoms with Gasteiger partial charge in [-0.25, -0.2) is 0 Å². The molecule has 0 radical (unpaired) electrons. The molecule has 0 aliphatic rings. The third-order valence-electron chi connectivity index (χ3n) is 3.30. The van der Waals surface area contributed by atoms with Gasteiger partial charge in [0.05, 0.1) is 0 Å². The fraction of sp³-hybridized carbons (Fsp3) is 0.176. The van der Waals surface area contributed by atoms with E-state index in [1.165, 1.54) is 6.07 Å². The van der Waals surface area contributed by atoms with Crippen LogP contribution in [0.3, 0.4) is 0 Å². The predicted octanol–water partition coefficient (Wildman–Crippen LogP) is 5.79. The number of hydrogen-bond acceptors (Lipinski definition) is 2. The van der Waals surface area contributed by atoms with Crippen molar-refractivity contribution in [1.82, 2.24) is 0 Å². The van der Waals surface area contributed by atoms with Gasteiger partial charge in [0.15, 0.2) is 5.13 Å². The van der Waals surface area contributed by atoms with Crippen molar-refractivity contribution in [3.63, 3.8) is 0 Å². The van der Waals surface area contributed by atoms with Crippen molar-refractivity contribution in [2.75, 3.05) is 5.88 Å². The van der Waals surface area contributed by atoms with Crippen molar-refractivity contribution in [2.45, 2.75) is 12.5 Å². The second-order valence-corrected chi connectivity index (χ2v) is 6.13. The summed E-state index contributed by atoms with van der Waals surface area (Å²) >= 11 is 7.03. The SMILES string of the molecule is Fc1cc2c(O[C@@H](CCCl)c3ccccc3)cccc2s1. The van der Waals surface area contributed by atoms with Gasteiger partial charge in [-0.3, -0.25) is 0 Å². The van der Waals surface area contributed by atoms with Gasteiger partial charge in [0.1, 0.15) is 11.9 Å². The lowest BCUT2D eigenvalue weighted by Crippen LogP contribution is -2.08. The van der Waals surface area contributed by atoms with Crippen LogP contribution in [0.2, 0.25) is 0 Å². The zero-order chi connectivity index (χ0) is 14.7. The fourth-order valence-corrected chi connectivity index (χ4v) is 3.32. The van der Waals surface area contributed by atoms with E-state index in [-0.39, 0.29) is 11.2 Å². The molecule has 21 heavy (non-hydrogen) atoms. The van der Waals surface area contributed by atoms with E-state index < -0.39 is 0 Å². The van der Waals surface area contributed by atoms with Gasteiger partial charge in [-0.1, -0.05) is 36.4 Å². The number of fused-ring (bicyclic) bond motifs is 1. The number of rotatable bonds is 5. The largest absolute Gasteiger partial charge is 0.485 e. The number of thiophene rings is 1. The summed E-state index contributed by atoms with van der Waals surface area (Å²) in [5.41, 5.74) is 1.07. The molecular formula is C17H14ClFOS. The average Bonchev–Trinajstić information content (AvgIpc) is 2.89. The quantitative estimate of drug-likeness (QED) is 0.541. The summed E-state index contributed by atoms with van der Waals surface area (Å²) in [5, 5.41) is 0.616. The second kappa shape index (κ2) is 6.46. The minimum absolute atomic E-state index is 0.128. The minimum Gasteiger partial charge on any atom is -0.485 e. The molecule has 0 N–H and O–H groups in total. The van der Waals surface area contributed by atoms with E-state index in [2.05, 4.69) is 0 Å². The molecule has 4 heteroatoms. The minimum atomic E-state index is -0.199. The molecule has 1 atom stereocenters. The second-order valence-electron chi connectivity index (χ2n) is 4.71. The first-order valence-corrected chi connectivity index (χ1v) is 8.08.